The van der Waals surface area contributed by atoms with Gasteiger partial charge >= 0.3 is 0 Å². The highest BCUT2D eigenvalue weighted by Gasteiger charge is 2.10. The van der Waals surface area contributed by atoms with Crippen LogP contribution >= 0.6 is 0 Å². The van der Waals surface area contributed by atoms with Gasteiger partial charge in [-0.25, -0.2) is 9.97 Å². The molecule has 8 heterocycles. The highest BCUT2D eigenvalue weighted by atomic mass is 14.8. The fourth-order valence-corrected chi connectivity index (χ4v) is 6.94. The molecule has 68 heavy (non-hydrogen) atoms. The summed E-state index contributed by atoms with van der Waals surface area (Å²) in [5.41, 5.74) is 14.1. The molecule has 0 aliphatic heterocycles. The monoisotopic (exact) mass is 866 g/mol. The molecule has 0 saturated heterocycles. The van der Waals surface area contributed by atoms with Crippen molar-refractivity contribution in [2.24, 2.45) is 0 Å². The molecule has 0 N–H and O–H groups in total. The molecule has 0 bridgehead atoms. The third kappa shape index (κ3) is 10.6. The van der Waals surface area contributed by atoms with E-state index >= 15 is 0 Å². The predicted octanol–water partition coefficient (Wildman–Crippen LogP) is 10.8. The molecule has 8 aromatic heterocycles. The second-order valence-electron chi connectivity index (χ2n) is 15.1. The van der Waals surface area contributed by atoms with Gasteiger partial charge in [-0.05, 0) is 146 Å². The van der Waals surface area contributed by atoms with Crippen LogP contribution in [-0.4, -0.2) is 39.9 Å². The van der Waals surface area contributed by atoms with Crippen LogP contribution in [0.25, 0.3) is 56.9 Å². The molecule has 8 nitrogen and oxygen atoms in total. The Morgan fingerprint density at radius 2 is 0.441 bits per heavy atom. The predicted molar refractivity (Wildman–Crippen MR) is 266 cm³/mol. The first kappa shape index (κ1) is 41.9. The van der Waals surface area contributed by atoms with Gasteiger partial charge in [0.25, 0.3) is 0 Å². The van der Waals surface area contributed by atoms with Crippen molar-refractivity contribution in [2.45, 2.75) is 0 Å². The molecule has 0 radical (unpaired) electrons. The third-order valence-electron chi connectivity index (χ3n) is 10.3. The molecule has 314 valence electrons. The minimum Gasteiger partial charge on any atom is -0.255 e. The van der Waals surface area contributed by atoms with Crippen molar-refractivity contribution in [3.8, 4) is 104 Å². The van der Waals surface area contributed by atoms with E-state index < -0.39 is 0 Å². The maximum Gasteiger partial charge on any atom is 0.0906 e. The van der Waals surface area contributed by atoms with Crippen LogP contribution in [0.1, 0.15) is 44.5 Å². The zero-order valence-corrected chi connectivity index (χ0v) is 36.2. The molecule has 0 spiro atoms. The van der Waals surface area contributed by atoms with E-state index in [1.165, 1.54) is 0 Å². The lowest BCUT2D eigenvalue weighted by molar-refractivity contribution is 1.21. The highest BCUT2D eigenvalue weighted by Crippen LogP contribution is 2.24. The van der Waals surface area contributed by atoms with Crippen molar-refractivity contribution in [3.05, 3.63) is 252 Å². The zero-order chi connectivity index (χ0) is 45.7. The Labute approximate surface area is 394 Å². The second-order valence-corrected chi connectivity index (χ2v) is 15.1. The van der Waals surface area contributed by atoms with E-state index in [0.29, 0.717) is 11.4 Å². The largest absolute Gasteiger partial charge is 0.255 e. The Morgan fingerprint density at radius 3 is 0.721 bits per heavy atom. The van der Waals surface area contributed by atoms with Crippen molar-refractivity contribution >= 4 is 0 Å². The summed E-state index contributed by atoms with van der Waals surface area (Å²) in [7, 11) is 0. The molecule has 0 unspecified atom stereocenters. The molecular formula is C60H34N8. The van der Waals surface area contributed by atoms with E-state index in [1.807, 2.05) is 170 Å². The molecule has 0 atom stereocenters. The van der Waals surface area contributed by atoms with Gasteiger partial charge in [0.05, 0.1) is 56.9 Å². The van der Waals surface area contributed by atoms with Crippen molar-refractivity contribution in [2.75, 3.05) is 0 Å². The third-order valence-corrected chi connectivity index (χ3v) is 10.3. The first-order valence-electron chi connectivity index (χ1n) is 21.5. The average molecular weight is 867 g/mol. The number of nitrogens with zero attached hydrogens (tertiary/aromatic N) is 8. The molecule has 0 fully saturated rings. The normalized spacial score (nSPS) is 10.2. The van der Waals surface area contributed by atoms with Gasteiger partial charge in [-0.3, -0.25) is 29.9 Å². The summed E-state index contributed by atoms with van der Waals surface area (Å²) in [5.74, 6) is 26.3. The van der Waals surface area contributed by atoms with Gasteiger partial charge in [0.1, 0.15) is 0 Å². The van der Waals surface area contributed by atoms with E-state index in [-0.39, 0.29) is 0 Å². The van der Waals surface area contributed by atoms with Gasteiger partial charge in [0.2, 0.25) is 0 Å². The van der Waals surface area contributed by atoms with Crippen LogP contribution in [-0.2, 0) is 0 Å². The minimum atomic E-state index is 0.705. The second kappa shape index (κ2) is 20.2. The molecule has 10 aromatic rings. The first-order chi connectivity index (χ1) is 33.6. The standard InChI is InChI=1S/C60H34N8/c1-5-31-61-51(9-1)57-39-49(40-58(67-57)52-10-2-6-32-62-52)27-23-45-17-13-43(14-18-45)21-25-47-29-35-65-55(37-47)56-38-48(30-36-66-56)26-22-44-15-19-46(20-16-44)24-28-50-41-59(53-11-3-7-33-63-53)68-60(42-50)54-12-4-8-34-64-54/h1-20,29-42H. The van der Waals surface area contributed by atoms with Crippen molar-refractivity contribution in [3.63, 3.8) is 0 Å². The van der Waals surface area contributed by atoms with Crippen LogP contribution in [0.4, 0.5) is 0 Å². The molecule has 0 amide bonds. The molecule has 8 heteroatoms. The van der Waals surface area contributed by atoms with Gasteiger partial charge in [0.15, 0.2) is 0 Å². The Kier molecular flexibility index (Phi) is 12.4. The van der Waals surface area contributed by atoms with Crippen molar-refractivity contribution in [1.82, 2.24) is 39.9 Å². The van der Waals surface area contributed by atoms with Gasteiger partial charge < -0.3 is 0 Å². The number of aromatic nitrogens is 8. The Balaban J connectivity index is 0.807. The van der Waals surface area contributed by atoms with Crippen LogP contribution in [0.5, 0.6) is 0 Å². The quantitative estimate of drug-likeness (QED) is 0.158. The number of pyridine rings is 8. The van der Waals surface area contributed by atoms with Crippen LogP contribution < -0.4 is 0 Å². The molecule has 10 rings (SSSR count). The Morgan fingerprint density at radius 1 is 0.191 bits per heavy atom. The molecule has 0 aliphatic carbocycles. The maximum absolute atomic E-state index is 4.83. The fraction of sp³-hybridized carbons (Fsp3) is 0. The van der Waals surface area contributed by atoms with Crippen molar-refractivity contribution in [1.29, 1.82) is 0 Å². The van der Waals surface area contributed by atoms with Crippen LogP contribution in [0.2, 0.25) is 0 Å². The average Bonchev–Trinajstić information content (AvgIpc) is 3.42. The summed E-state index contributed by atoms with van der Waals surface area (Å²) in [4.78, 5) is 36.8. The first-order valence-corrected chi connectivity index (χ1v) is 21.5. The van der Waals surface area contributed by atoms with Crippen LogP contribution in [0.3, 0.4) is 0 Å². The van der Waals surface area contributed by atoms with E-state index in [4.69, 9.17) is 9.97 Å². The summed E-state index contributed by atoms with van der Waals surface area (Å²) in [5, 5.41) is 0. The van der Waals surface area contributed by atoms with E-state index in [1.54, 1.807) is 37.2 Å². The lowest BCUT2D eigenvalue weighted by Crippen LogP contribution is -1.93. The minimum absolute atomic E-state index is 0.705. The summed E-state index contributed by atoms with van der Waals surface area (Å²) >= 11 is 0. The topological polar surface area (TPSA) is 103 Å². The van der Waals surface area contributed by atoms with Crippen molar-refractivity contribution < 1.29 is 0 Å². The Bertz CT molecular complexity index is 3300. The number of rotatable bonds is 5. The van der Waals surface area contributed by atoms with E-state index in [0.717, 1.165) is 90.1 Å². The van der Waals surface area contributed by atoms with E-state index in [9.17, 15) is 0 Å². The van der Waals surface area contributed by atoms with Gasteiger partial charge in [-0.2, -0.15) is 0 Å². The molecule has 0 saturated carbocycles. The number of hydrogen-bond donors (Lipinski definition) is 0. The van der Waals surface area contributed by atoms with Gasteiger partial charge in [0, 0.05) is 81.7 Å². The number of benzene rings is 2. The summed E-state index contributed by atoms with van der Waals surface area (Å²) in [6, 6.07) is 54.2. The van der Waals surface area contributed by atoms with Gasteiger partial charge in [-0.15, -0.1) is 0 Å². The zero-order valence-electron chi connectivity index (χ0n) is 36.2. The lowest BCUT2D eigenvalue weighted by atomic mass is 10.1. The number of hydrogen-bond acceptors (Lipinski definition) is 8. The Hall–Kier alpha value is -10.1. The van der Waals surface area contributed by atoms with Crippen LogP contribution in [0, 0.1) is 47.4 Å². The maximum atomic E-state index is 4.83. The molecule has 2 aromatic carbocycles. The molecular weight excluding hydrogens is 833 g/mol. The lowest BCUT2D eigenvalue weighted by Gasteiger charge is -2.05. The summed E-state index contributed by atoms with van der Waals surface area (Å²) in [6.45, 7) is 0. The summed E-state index contributed by atoms with van der Waals surface area (Å²) in [6.07, 6.45) is 10.5. The van der Waals surface area contributed by atoms with Crippen LogP contribution in [0.15, 0.2) is 207 Å². The van der Waals surface area contributed by atoms with E-state index in [2.05, 4.69) is 77.3 Å². The molecule has 0 aliphatic rings. The smallest absolute Gasteiger partial charge is 0.0906 e. The SMILES string of the molecule is C(#Cc1ccnc(-c2cc(C#Cc3ccc(C#Cc4cc(-c5ccccn5)nc(-c5ccccn5)c4)cc3)ccn2)c1)c1ccc(C#Cc2cc(-c3ccccn3)nc(-c3ccccn3)c2)cc1. The summed E-state index contributed by atoms with van der Waals surface area (Å²) < 4.78 is 0. The van der Waals surface area contributed by atoms with Gasteiger partial charge in [-0.1, -0.05) is 71.6 Å². The highest BCUT2D eigenvalue weighted by molar-refractivity contribution is 5.68. The fourth-order valence-electron chi connectivity index (χ4n) is 6.94.